The number of carbonyl (C=O) groups excluding carboxylic acids is 1. The number of benzene rings is 2. The Labute approximate surface area is 153 Å². The average molecular weight is 367 g/mol. The number of aliphatic hydroxyl groups excluding tert-OH is 1. The number of hydrogen-bond donors (Lipinski definition) is 3. The van der Waals surface area contributed by atoms with E-state index in [1.807, 2.05) is 31.2 Å². The maximum absolute atomic E-state index is 12.9. The van der Waals surface area contributed by atoms with Crippen molar-refractivity contribution in [2.75, 3.05) is 5.73 Å². The predicted molar refractivity (Wildman–Crippen MR) is 100 cm³/mol. The molecular formula is C19H24ClFN2O2. The van der Waals surface area contributed by atoms with E-state index >= 15 is 0 Å². The second kappa shape index (κ2) is 10.0. The summed E-state index contributed by atoms with van der Waals surface area (Å²) in [6.45, 7) is 1.83. The number of rotatable bonds is 7. The third-order valence-corrected chi connectivity index (χ3v) is 3.92. The van der Waals surface area contributed by atoms with Crippen molar-refractivity contribution < 1.29 is 14.3 Å². The van der Waals surface area contributed by atoms with Crippen LogP contribution in [0.4, 0.5) is 10.1 Å². The molecule has 2 unspecified atom stereocenters. The molecule has 0 aliphatic heterocycles. The smallest absolute Gasteiger partial charge is 0.220 e. The van der Waals surface area contributed by atoms with Gasteiger partial charge in [-0.15, -0.1) is 12.4 Å². The van der Waals surface area contributed by atoms with Crippen LogP contribution in [-0.2, 0) is 11.2 Å². The normalized spacial score (nSPS) is 12.8. The Morgan fingerprint density at radius 3 is 2.48 bits per heavy atom. The highest BCUT2D eigenvalue weighted by molar-refractivity contribution is 5.85. The van der Waals surface area contributed by atoms with Crippen LogP contribution in [0.25, 0.3) is 0 Å². The molecule has 2 aromatic rings. The molecule has 0 saturated carbocycles. The highest BCUT2D eigenvalue weighted by atomic mass is 35.5. The Kier molecular flexibility index (Phi) is 8.38. The van der Waals surface area contributed by atoms with Crippen LogP contribution in [0, 0.1) is 5.82 Å². The third kappa shape index (κ3) is 6.72. The molecule has 6 heteroatoms. The van der Waals surface area contributed by atoms with Crippen LogP contribution in [0.5, 0.6) is 0 Å². The molecule has 0 spiro atoms. The molecular weight excluding hydrogens is 343 g/mol. The van der Waals surface area contributed by atoms with Crippen molar-refractivity contribution in [2.24, 2.45) is 0 Å². The van der Waals surface area contributed by atoms with Gasteiger partial charge in [-0.1, -0.05) is 30.3 Å². The fraction of sp³-hybridized carbons (Fsp3) is 0.316. The summed E-state index contributed by atoms with van der Waals surface area (Å²) in [6.07, 6.45) is 0.535. The van der Waals surface area contributed by atoms with Crippen molar-refractivity contribution >= 4 is 24.0 Å². The standard InChI is InChI=1S/C19H23FN2O2.ClH/c1-13(12-18(23)15-6-9-16(20)10-7-15)22-19(24)11-8-14-4-2-3-5-17(14)21;/h2-7,9-10,13,18,23H,8,11-12,21H2,1H3,(H,22,24);1H. The van der Waals surface area contributed by atoms with E-state index in [9.17, 15) is 14.3 Å². The number of nitrogens with one attached hydrogen (secondary N) is 1. The first-order chi connectivity index (χ1) is 11.5. The Hall–Kier alpha value is -2.11. The quantitative estimate of drug-likeness (QED) is 0.657. The molecule has 0 radical (unpaired) electrons. The SMILES string of the molecule is CC(CC(O)c1ccc(F)cc1)NC(=O)CCc1ccccc1N.Cl. The zero-order valence-corrected chi connectivity index (χ0v) is 14.9. The Morgan fingerprint density at radius 2 is 1.84 bits per heavy atom. The van der Waals surface area contributed by atoms with Crippen LogP contribution in [-0.4, -0.2) is 17.1 Å². The van der Waals surface area contributed by atoms with Crippen molar-refractivity contribution in [1.82, 2.24) is 5.32 Å². The maximum atomic E-state index is 12.9. The lowest BCUT2D eigenvalue weighted by Crippen LogP contribution is -2.33. The number of nitrogen functional groups attached to an aromatic ring is 1. The van der Waals surface area contributed by atoms with Gasteiger partial charge in [0, 0.05) is 18.2 Å². The number of amides is 1. The van der Waals surface area contributed by atoms with Crippen molar-refractivity contribution in [3.05, 3.63) is 65.5 Å². The van der Waals surface area contributed by atoms with Crippen LogP contribution in [0.1, 0.15) is 37.0 Å². The summed E-state index contributed by atoms with van der Waals surface area (Å²) in [7, 11) is 0. The topological polar surface area (TPSA) is 75.3 Å². The van der Waals surface area contributed by atoms with Gasteiger partial charge in [0.2, 0.25) is 5.91 Å². The van der Waals surface area contributed by atoms with Gasteiger partial charge < -0.3 is 16.2 Å². The lowest BCUT2D eigenvalue weighted by atomic mass is 10.0. The number of anilines is 1. The summed E-state index contributed by atoms with van der Waals surface area (Å²) < 4.78 is 12.9. The zero-order valence-electron chi connectivity index (χ0n) is 14.1. The number of halogens is 2. The monoisotopic (exact) mass is 366 g/mol. The molecule has 25 heavy (non-hydrogen) atoms. The number of nitrogens with two attached hydrogens (primary N) is 1. The van der Waals surface area contributed by atoms with Crippen LogP contribution in [0.2, 0.25) is 0 Å². The van der Waals surface area contributed by atoms with Gasteiger partial charge in [0.1, 0.15) is 5.82 Å². The van der Waals surface area contributed by atoms with Crippen LogP contribution in [0.15, 0.2) is 48.5 Å². The summed E-state index contributed by atoms with van der Waals surface area (Å²) in [5.41, 5.74) is 8.13. The second-order valence-corrected chi connectivity index (χ2v) is 5.97. The van der Waals surface area contributed by atoms with E-state index < -0.39 is 6.10 Å². The van der Waals surface area contributed by atoms with Crippen LogP contribution in [0.3, 0.4) is 0 Å². The van der Waals surface area contributed by atoms with Crippen molar-refractivity contribution in [3.63, 3.8) is 0 Å². The minimum atomic E-state index is -0.745. The maximum Gasteiger partial charge on any atom is 0.220 e. The summed E-state index contributed by atoms with van der Waals surface area (Å²) in [5.74, 6) is -0.426. The Morgan fingerprint density at radius 1 is 1.20 bits per heavy atom. The molecule has 136 valence electrons. The fourth-order valence-electron chi connectivity index (χ4n) is 2.57. The molecule has 0 fully saturated rings. The second-order valence-electron chi connectivity index (χ2n) is 5.97. The Balaban J connectivity index is 0.00000312. The number of carbonyl (C=O) groups is 1. The van der Waals surface area contributed by atoms with Gasteiger partial charge in [-0.3, -0.25) is 4.79 Å². The number of aliphatic hydroxyl groups is 1. The van der Waals surface area contributed by atoms with Gasteiger partial charge in [-0.25, -0.2) is 4.39 Å². The molecule has 0 aromatic heterocycles. The average Bonchev–Trinajstić information content (AvgIpc) is 2.54. The van der Waals surface area contributed by atoms with Crippen LogP contribution >= 0.6 is 12.4 Å². The molecule has 2 rings (SSSR count). The number of para-hydroxylation sites is 1. The Bertz CT molecular complexity index is 679. The van der Waals surface area contributed by atoms with Crippen molar-refractivity contribution in [2.45, 2.75) is 38.3 Å². The molecule has 0 aliphatic carbocycles. The van der Waals surface area contributed by atoms with E-state index in [1.54, 1.807) is 12.1 Å². The van der Waals surface area contributed by atoms with E-state index in [0.717, 1.165) is 5.56 Å². The summed E-state index contributed by atoms with van der Waals surface area (Å²) >= 11 is 0. The van der Waals surface area contributed by atoms with Crippen molar-refractivity contribution in [1.29, 1.82) is 0 Å². The van der Waals surface area contributed by atoms with Gasteiger partial charge in [0.15, 0.2) is 0 Å². The molecule has 0 aliphatic rings. The molecule has 0 saturated heterocycles. The van der Waals surface area contributed by atoms with Gasteiger partial charge in [-0.2, -0.15) is 0 Å². The fourth-order valence-corrected chi connectivity index (χ4v) is 2.57. The largest absolute Gasteiger partial charge is 0.399 e. The van der Waals surface area contributed by atoms with E-state index in [0.29, 0.717) is 30.5 Å². The first-order valence-corrected chi connectivity index (χ1v) is 8.02. The predicted octanol–water partition coefficient (Wildman–Crippen LogP) is 3.39. The first kappa shape index (κ1) is 20.9. The van der Waals surface area contributed by atoms with Crippen LogP contribution < -0.4 is 11.1 Å². The van der Waals surface area contributed by atoms with Gasteiger partial charge >= 0.3 is 0 Å². The van der Waals surface area contributed by atoms with E-state index in [1.165, 1.54) is 12.1 Å². The minimum absolute atomic E-state index is 0. The molecule has 4 N–H and O–H groups in total. The molecule has 0 bridgehead atoms. The highest BCUT2D eigenvalue weighted by Crippen LogP contribution is 2.19. The molecule has 1 amide bonds. The summed E-state index contributed by atoms with van der Waals surface area (Å²) in [4.78, 5) is 12.0. The third-order valence-electron chi connectivity index (χ3n) is 3.92. The number of aryl methyl sites for hydroxylation is 1. The first-order valence-electron chi connectivity index (χ1n) is 8.02. The van der Waals surface area contributed by atoms with Gasteiger partial charge in [-0.05, 0) is 49.1 Å². The lowest BCUT2D eigenvalue weighted by Gasteiger charge is -2.18. The highest BCUT2D eigenvalue weighted by Gasteiger charge is 2.14. The van der Waals surface area contributed by atoms with Gasteiger partial charge in [0.25, 0.3) is 0 Å². The van der Waals surface area contributed by atoms with E-state index in [-0.39, 0.29) is 30.2 Å². The van der Waals surface area contributed by atoms with Crippen molar-refractivity contribution in [3.8, 4) is 0 Å². The zero-order chi connectivity index (χ0) is 17.5. The lowest BCUT2D eigenvalue weighted by molar-refractivity contribution is -0.121. The molecule has 2 aromatic carbocycles. The summed E-state index contributed by atoms with van der Waals surface area (Å²) in [5, 5.41) is 13.0. The molecule has 4 nitrogen and oxygen atoms in total. The van der Waals surface area contributed by atoms with Gasteiger partial charge in [0.05, 0.1) is 6.10 Å². The minimum Gasteiger partial charge on any atom is -0.399 e. The van der Waals surface area contributed by atoms with E-state index in [4.69, 9.17) is 5.73 Å². The number of hydrogen-bond acceptors (Lipinski definition) is 3. The van der Waals surface area contributed by atoms with E-state index in [2.05, 4.69) is 5.32 Å². The summed E-state index contributed by atoms with van der Waals surface area (Å²) in [6, 6.07) is 13.0. The molecule has 2 atom stereocenters. The molecule has 0 heterocycles.